The quantitative estimate of drug-likeness (QED) is 0.655. The Labute approximate surface area is 154 Å². The van der Waals surface area contributed by atoms with E-state index in [4.69, 9.17) is 11.6 Å². The molecule has 1 aliphatic heterocycles. The van der Waals surface area contributed by atoms with Crippen LogP contribution in [-0.2, 0) is 6.42 Å². The van der Waals surface area contributed by atoms with Gasteiger partial charge >= 0.3 is 0 Å². The number of hydrogen-bond donors (Lipinski definition) is 0. The fourth-order valence-electron chi connectivity index (χ4n) is 3.46. The lowest BCUT2D eigenvalue weighted by molar-refractivity contribution is 0.0975. The minimum atomic E-state index is -0.360. The van der Waals surface area contributed by atoms with Gasteiger partial charge in [0.15, 0.2) is 0 Å². The molecule has 0 radical (unpaired) electrons. The van der Waals surface area contributed by atoms with Gasteiger partial charge in [-0.15, -0.1) is 5.10 Å². The SMILES string of the molecule is Cc1cc(C)n2nc(C(=O)N3CCCc4c(C)c(F)cc(Cl)c43)nc2n1. The molecule has 0 aliphatic carbocycles. The fourth-order valence-corrected chi connectivity index (χ4v) is 3.77. The largest absolute Gasteiger partial charge is 0.304 e. The Balaban J connectivity index is 1.82. The first-order chi connectivity index (χ1) is 12.4. The number of rotatable bonds is 1. The van der Waals surface area contributed by atoms with Crippen LogP contribution in [0.4, 0.5) is 10.1 Å². The summed E-state index contributed by atoms with van der Waals surface area (Å²) in [6.07, 6.45) is 1.41. The molecule has 6 nitrogen and oxygen atoms in total. The third-order valence-electron chi connectivity index (χ3n) is 4.71. The molecular weight excluding hydrogens is 357 g/mol. The standard InChI is InChI=1S/C18H17ClFN5O/c1-9-7-10(2)25-18(21-9)22-16(23-25)17(26)24-6-4-5-12-11(3)14(20)8-13(19)15(12)24/h7-8H,4-6H2,1-3H3. The lowest BCUT2D eigenvalue weighted by Gasteiger charge is -2.30. The van der Waals surface area contributed by atoms with E-state index in [1.807, 2.05) is 19.9 Å². The Morgan fingerprint density at radius 3 is 2.77 bits per heavy atom. The molecule has 3 aromatic rings. The second kappa shape index (κ2) is 6.02. The summed E-state index contributed by atoms with van der Waals surface area (Å²) in [5, 5.41) is 4.53. The van der Waals surface area contributed by atoms with Crippen LogP contribution in [0.3, 0.4) is 0 Å². The molecule has 0 atom stereocenters. The molecule has 1 aliphatic rings. The highest BCUT2D eigenvalue weighted by atomic mass is 35.5. The van der Waals surface area contributed by atoms with Gasteiger partial charge in [0, 0.05) is 17.9 Å². The van der Waals surface area contributed by atoms with Gasteiger partial charge in [0.1, 0.15) is 5.82 Å². The van der Waals surface area contributed by atoms with Gasteiger partial charge < -0.3 is 4.90 Å². The maximum Gasteiger partial charge on any atom is 0.298 e. The van der Waals surface area contributed by atoms with Gasteiger partial charge in [0.25, 0.3) is 11.7 Å². The maximum atomic E-state index is 14.0. The second-order valence-corrected chi connectivity index (χ2v) is 6.95. The highest BCUT2D eigenvalue weighted by Crippen LogP contribution is 2.38. The van der Waals surface area contributed by atoms with Crippen molar-refractivity contribution in [1.82, 2.24) is 19.6 Å². The molecule has 0 N–H and O–H groups in total. The molecule has 8 heteroatoms. The second-order valence-electron chi connectivity index (χ2n) is 6.54. The van der Waals surface area contributed by atoms with Crippen LogP contribution in [0.2, 0.25) is 5.02 Å². The molecule has 1 aromatic carbocycles. The molecule has 0 bridgehead atoms. The number of fused-ring (bicyclic) bond motifs is 2. The van der Waals surface area contributed by atoms with Crippen LogP contribution in [0.1, 0.15) is 39.6 Å². The number of carbonyl (C=O) groups is 1. The van der Waals surface area contributed by atoms with Crippen molar-refractivity contribution >= 4 is 29.0 Å². The van der Waals surface area contributed by atoms with E-state index in [2.05, 4.69) is 15.1 Å². The van der Waals surface area contributed by atoms with Crippen LogP contribution < -0.4 is 4.90 Å². The summed E-state index contributed by atoms with van der Waals surface area (Å²) < 4.78 is 15.6. The molecular formula is C18H17ClFN5O. The third kappa shape index (κ3) is 2.54. The minimum absolute atomic E-state index is 0.0529. The molecule has 0 unspecified atom stereocenters. The number of aromatic nitrogens is 4. The zero-order chi connectivity index (χ0) is 18.6. The average Bonchev–Trinajstić information content (AvgIpc) is 3.03. The average molecular weight is 374 g/mol. The minimum Gasteiger partial charge on any atom is -0.304 e. The van der Waals surface area contributed by atoms with Crippen molar-refractivity contribution in [3.63, 3.8) is 0 Å². The highest BCUT2D eigenvalue weighted by molar-refractivity contribution is 6.34. The summed E-state index contributed by atoms with van der Waals surface area (Å²) in [5.41, 5.74) is 3.50. The van der Waals surface area contributed by atoms with E-state index in [-0.39, 0.29) is 22.6 Å². The van der Waals surface area contributed by atoms with Crippen LogP contribution in [0, 0.1) is 26.6 Å². The molecule has 0 saturated carbocycles. The number of anilines is 1. The van der Waals surface area contributed by atoms with Crippen molar-refractivity contribution in [2.24, 2.45) is 0 Å². The van der Waals surface area contributed by atoms with Crippen LogP contribution >= 0.6 is 11.6 Å². The van der Waals surface area contributed by atoms with Crippen LogP contribution in [0.25, 0.3) is 5.78 Å². The van der Waals surface area contributed by atoms with Gasteiger partial charge in [0.2, 0.25) is 5.82 Å². The lowest BCUT2D eigenvalue weighted by Crippen LogP contribution is -2.37. The van der Waals surface area contributed by atoms with Gasteiger partial charge in [0.05, 0.1) is 10.7 Å². The van der Waals surface area contributed by atoms with Crippen LogP contribution in [0.5, 0.6) is 0 Å². The zero-order valence-corrected chi connectivity index (χ0v) is 15.4. The van der Waals surface area contributed by atoms with Gasteiger partial charge in [-0.2, -0.15) is 4.98 Å². The molecule has 4 rings (SSSR count). The number of halogens is 2. The summed E-state index contributed by atoms with van der Waals surface area (Å²) in [5.74, 6) is -0.285. The van der Waals surface area contributed by atoms with Gasteiger partial charge in [-0.05, 0) is 56.9 Å². The van der Waals surface area contributed by atoms with Crippen LogP contribution in [0.15, 0.2) is 12.1 Å². The molecule has 3 heterocycles. The molecule has 2 aromatic heterocycles. The summed E-state index contributed by atoms with van der Waals surface area (Å²) in [4.78, 5) is 23.2. The Bertz CT molecular complexity index is 1060. The van der Waals surface area contributed by atoms with E-state index in [0.717, 1.165) is 23.4 Å². The highest BCUT2D eigenvalue weighted by Gasteiger charge is 2.30. The first-order valence-electron chi connectivity index (χ1n) is 8.37. The molecule has 0 saturated heterocycles. The van der Waals surface area contributed by atoms with E-state index < -0.39 is 0 Å². The zero-order valence-electron chi connectivity index (χ0n) is 14.7. The molecule has 1 amide bonds. The summed E-state index contributed by atoms with van der Waals surface area (Å²) in [7, 11) is 0. The van der Waals surface area contributed by atoms with E-state index in [9.17, 15) is 9.18 Å². The Morgan fingerprint density at radius 1 is 1.23 bits per heavy atom. The smallest absolute Gasteiger partial charge is 0.298 e. The van der Waals surface area contributed by atoms with E-state index in [1.54, 1.807) is 16.3 Å². The van der Waals surface area contributed by atoms with Gasteiger partial charge in [-0.25, -0.2) is 13.9 Å². The predicted octanol–water partition coefficient (Wildman–Crippen LogP) is 3.44. The van der Waals surface area contributed by atoms with Crippen molar-refractivity contribution in [3.05, 3.63) is 51.3 Å². The van der Waals surface area contributed by atoms with Crippen molar-refractivity contribution in [2.75, 3.05) is 11.4 Å². The van der Waals surface area contributed by atoms with Crippen molar-refractivity contribution < 1.29 is 9.18 Å². The third-order valence-corrected chi connectivity index (χ3v) is 5.00. The van der Waals surface area contributed by atoms with E-state index in [1.165, 1.54) is 6.07 Å². The van der Waals surface area contributed by atoms with Crippen molar-refractivity contribution in [2.45, 2.75) is 33.6 Å². The monoisotopic (exact) mass is 373 g/mol. The van der Waals surface area contributed by atoms with Crippen molar-refractivity contribution in [1.29, 1.82) is 0 Å². The first-order valence-corrected chi connectivity index (χ1v) is 8.75. The Hall–Kier alpha value is -2.54. The van der Waals surface area contributed by atoms with Gasteiger partial charge in [-0.1, -0.05) is 11.6 Å². The lowest BCUT2D eigenvalue weighted by atomic mass is 9.96. The van der Waals surface area contributed by atoms with E-state index >= 15 is 0 Å². The summed E-state index contributed by atoms with van der Waals surface area (Å²) in [6, 6.07) is 3.13. The Morgan fingerprint density at radius 2 is 2.00 bits per heavy atom. The molecule has 0 spiro atoms. The Kier molecular flexibility index (Phi) is 3.91. The molecule has 26 heavy (non-hydrogen) atoms. The number of benzene rings is 1. The molecule has 0 fully saturated rings. The summed E-state index contributed by atoms with van der Waals surface area (Å²) in [6.45, 7) is 5.93. The molecule has 134 valence electrons. The first kappa shape index (κ1) is 16.9. The van der Waals surface area contributed by atoms with E-state index in [0.29, 0.717) is 30.0 Å². The number of carbonyl (C=O) groups excluding carboxylic acids is 1. The topological polar surface area (TPSA) is 63.4 Å². The number of aryl methyl sites for hydroxylation is 2. The van der Waals surface area contributed by atoms with Crippen LogP contribution in [-0.4, -0.2) is 32.0 Å². The normalized spacial score (nSPS) is 14.0. The number of nitrogens with zero attached hydrogens (tertiary/aromatic N) is 5. The summed E-state index contributed by atoms with van der Waals surface area (Å²) >= 11 is 6.28. The van der Waals surface area contributed by atoms with Gasteiger partial charge in [-0.3, -0.25) is 4.79 Å². The number of hydrogen-bond acceptors (Lipinski definition) is 4. The van der Waals surface area contributed by atoms with Crippen molar-refractivity contribution in [3.8, 4) is 0 Å². The maximum absolute atomic E-state index is 14.0. The number of amides is 1. The predicted molar refractivity (Wildman–Crippen MR) is 96.4 cm³/mol. The fraction of sp³-hybridized carbons (Fsp3) is 0.333.